The first-order valence-corrected chi connectivity index (χ1v) is 12.2. The van der Waals surface area contributed by atoms with Crippen LogP contribution >= 0.6 is 22.9 Å². The zero-order valence-corrected chi connectivity index (χ0v) is 19.1. The molecule has 3 aliphatic carbocycles. The summed E-state index contributed by atoms with van der Waals surface area (Å²) >= 11 is 7.50. The normalized spacial score (nSPS) is 24.8. The topological polar surface area (TPSA) is 79.4 Å². The van der Waals surface area contributed by atoms with Crippen LogP contribution in [-0.4, -0.2) is 31.0 Å². The molecule has 0 aromatic carbocycles. The fourth-order valence-electron chi connectivity index (χ4n) is 5.50. The second-order valence-electron chi connectivity index (χ2n) is 8.85. The summed E-state index contributed by atoms with van der Waals surface area (Å²) in [7, 11) is 0. The zero-order chi connectivity index (χ0) is 21.8. The average Bonchev–Trinajstić information content (AvgIpc) is 3.48. The van der Waals surface area contributed by atoms with Crippen LogP contribution in [0.2, 0.25) is 5.15 Å². The van der Waals surface area contributed by atoms with Gasteiger partial charge in [-0.25, -0.2) is 24.3 Å². The molecule has 2 atom stereocenters. The third-order valence-corrected chi connectivity index (χ3v) is 8.17. The van der Waals surface area contributed by atoms with Gasteiger partial charge in [-0.05, 0) is 49.5 Å². The molecule has 3 fully saturated rings. The number of hydrogen-bond donors (Lipinski definition) is 2. The molecule has 4 heterocycles. The van der Waals surface area contributed by atoms with Gasteiger partial charge in [0.2, 0.25) is 0 Å². The first kappa shape index (κ1) is 20.1. The average molecular weight is 469 g/mol. The van der Waals surface area contributed by atoms with Crippen LogP contribution in [0.5, 0.6) is 0 Å². The molecular formula is C23H22ClFN6S. The third kappa shape index (κ3) is 3.28. The van der Waals surface area contributed by atoms with Gasteiger partial charge >= 0.3 is 0 Å². The van der Waals surface area contributed by atoms with Crippen molar-refractivity contribution >= 4 is 39.9 Å². The van der Waals surface area contributed by atoms with Crippen LogP contribution in [0.3, 0.4) is 0 Å². The van der Waals surface area contributed by atoms with E-state index in [1.165, 1.54) is 43.2 Å². The molecule has 0 saturated heterocycles. The van der Waals surface area contributed by atoms with Crippen LogP contribution in [0.25, 0.3) is 33.0 Å². The van der Waals surface area contributed by atoms with Crippen LogP contribution in [-0.2, 0) is 0 Å². The smallest absolute Gasteiger partial charge is 0.175 e. The summed E-state index contributed by atoms with van der Waals surface area (Å²) < 4.78 is 15.7. The van der Waals surface area contributed by atoms with Crippen molar-refractivity contribution < 1.29 is 4.39 Å². The third-order valence-electron chi connectivity index (χ3n) is 7.19. The SMILES string of the molecule is C[C@H]1C2CCC(CC2)[C@@H]1Nc1nc(-c2c[nH]c3ncc(Cl)nc23)cc(-c2nccs2)c1F. The second kappa shape index (κ2) is 7.78. The fraction of sp³-hybridized carbons (Fsp3) is 0.391. The Morgan fingerprint density at radius 1 is 1.12 bits per heavy atom. The highest BCUT2D eigenvalue weighted by Gasteiger charge is 2.41. The van der Waals surface area contributed by atoms with E-state index < -0.39 is 0 Å². The van der Waals surface area contributed by atoms with Gasteiger partial charge in [-0.3, -0.25) is 0 Å². The summed E-state index contributed by atoms with van der Waals surface area (Å²) in [5.41, 5.74) is 2.99. The quantitative estimate of drug-likeness (QED) is 0.374. The first-order chi connectivity index (χ1) is 15.6. The van der Waals surface area contributed by atoms with Crippen molar-refractivity contribution in [3.63, 3.8) is 0 Å². The number of H-pyrrole nitrogens is 1. The molecule has 3 saturated carbocycles. The maximum Gasteiger partial charge on any atom is 0.175 e. The van der Waals surface area contributed by atoms with E-state index in [2.05, 4.69) is 32.2 Å². The number of nitrogens with one attached hydrogen (secondary N) is 2. The summed E-state index contributed by atoms with van der Waals surface area (Å²) in [5.74, 6) is 1.67. The summed E-state index contributed by atoms with van der Waals surface area (Å²) in [6.07, 6.45) is 9.93. The number of anilines is 1. The van der Waals surface area contributed by atoms with Gasteiger partial charge in [-0.1, -0.05) is 18.5 Å². The molecule has 0 radical (unpaired) electrons. The lowest BCUT2D eigenvalue weighted by Gasteiger charge is -2.47. The Morgan fingerprint density at radius 2 is 1.94 bits per heavy atom. The Bertz CT molecular complexity index is 1280. The van der Waals surface area contributed by atoms with Gasteiger partial charge < -0.3 is 10.3 Å². The molecule has 0 amide bonds. The van der Waals surface area contributed by atoms with Gasteiger partial charge in [0.15, 0.2) is 17.3 Å². The summed E-state index contributed by atoms with van der Waals surface area (Å²) in [6.45, 7) is 2.29. The number of aromatic nitrogens is 5. The van der Waals surface area contributed by atoms with Crippen LogP contribution in [0, 0.1) is 23.6 Å². The molecule has 32 heavy (non-hydrogen) atoms. The molecule has 0 aliphatic heterocycles. The number of thiazole rings is 1. The predicted molar refractivity (Wildman–Crippen MR) is 125 cm³/mol. The summed E-state index contributed by atoms with van der Waals surface area (Å²) in [5, 5.41) is 6.28. The number of nitrogens with zero attached hydrogens (tertiary/aromatic N) is 4. The summed E-state index contributed by atoms with van der Waals surface area (Å²) in [6, 6.07) is 1.96. The van der Waals surface area contributed by atoms with Gasteiger partial charge in [0.1, 0.15) is 15.7 Å². The van der Waals surface area contributed by atoms with Crippen LogP contribution in [0.4, 0.5) is 10.2 Å². The van der Waals surface area contributed by atoms with Crippen LogP contribution in [0.1, 0.15) is 32.6 Å². The molecule has 6 nitrogen and oxygen atoms in total. The van der Waals surface area contributed by atoms with E-state index in [-0.39, 0.29) is 17.7 Å². The molecule has 164 valence electrons. The lowest BCUT2D eigenvalue weighted by molar-refractivity contribution is 0.0926. The zero-order valence-electron chi connectivity index (χ0n) is 17.5. The number of pyridine rings is 1. The molecule has 4 aromatic heterocycles. The Hall–Kier alpha value is -2.58. The van der Waals surface area contributed by atoms with E-state index in [1.54, 1.807) is 18.5 Å². The van der Waals surface area contributed by atoms with E-state index in [0.717, 1.165) is 5.56 Å². The highest BCUT2D eigenvalue weighted by molar-refractivity contribution is 7.13. The van der Waals surface area contributed by atoms with Crippen molar-refractivity contribution in [1.82, 2.24) is 24.9 Å². The van der Waals surface area contributed by atoms with Crippen molar-refractivity contribution in [2.24, 2.45) is 17.8 Å². The van der Waals surface area contributed by atoms with Gasteiger partial charge in [0.25, 0.3) is 0 Å². The van der Waals surface area contributed by atoms with Gasteiger partial charge in [-0.2, -0.15) is 0 Å². The highest BCUT2D eigenvalue weighted by Crippen LogP contribution is 2.46. The Morgan fingerprint density at radius 3 is 2.69 bits per heavy atom. The van der Waals surface area contributed by atoms with Crippen molar-refractivity contribution in [1.29, 1.82) is 0 Å². The summed E-state index contributed by atoms with van der Waals surface area (Å²) in [4.78, 5) is 20.9. The van der Waals surface area contributed by atoms with Crippen molar-refractivity contribution in [2.75, 3.05) is 5.32 Å². The van der Waals surface area contributed by atoms with Crippen molar-refractivity contribution in [3.8, 4) is 21.8 Å². The van der Waals surface area contributed by atoms with E-state index in [4.69, 9.17) is 16.6 Å². The molecule has 0 spiro atoms. The van der Waals surface area contributed by atoms with Crippen molar-refractivity contribution in [3.05, 3.63) is 41.0 Å². The predicted octanol–water partition coefficient (Wildman–Crippen LogP) is 6.17. The molecule has 2 bridgehead atoms. The Balaban J connectivity index is 1.48. The second-order valence-corrected chi connectivity index (χ2v) is 10.1. The lowest BCUT2D eigenvalue weighted by atomic mass is 9.62. The van der Waals surface area contributed by atoms with E-state index in [9.17, 15) is 0 Å². The fourth-order valence-corrected chi connectivity index (χ4v) is 6.28. The minimum atomic E-state index is -0.360. The molecule has 4 aromatic rings. The number of aromatic amines is 1. The van der Waals surface area contributed by atoms with Gasteiger partial charge in [-0.15, -0.1) is 11.3 Å². The highest BCUT2D eigenvalue weighted by atomic mass is 35.5. The Labute approximate surface area is 193 Å². The molecule has 0 unspecified atom stereocenters. The number of fused-ring (bicyclic) bond motifs is 4. The molecule has 3 aliphatic rings. The minimum Gasteiger partial charge on any atom is -0.364 e. The maximum atomic E-state index is 15.7. The van der Waals surface area contributed by atoms with Crippen LogP contribution in [0.15, 0.2) is 30.0 Å². The minimum absolute atomic E-state index is 0.223. The largest absolute Gasteiger partial charge is 0.364 e. The number of hydrogen-bond acceptors (Lipinski definition) is 6. The van der Waals surface area contributed by atoms with Gasteiger partial charge in [0, 0.05) is 29.4 Å². The van der Waals surface area contributed by atoms with Gasteiger partial charge in [0.05, 0.1) is 17.5 Å². The van der Waals surface area contributed by atoms with E-state index in [0.29, 0.717) is 50.3 Å². The lowest BCUT2D eigenvalue weighted by Crippen LogP contribution is -2.47. The number of rotatable bonds is 4. The van der Waals surface area contributed by atoms with Crippen LogP contribution < -0.4 is 5.32 Å². The first-order valence-electron chi connectivity index (χ1n) is 11.0. The number of halogens is 2. The molecule has 7 rings (SSSR count). The monoisotopic (exact) mass is 468 g/mol. The standard InChI is InChI=1S/C23H22ClFN6S/c1-11-12-2-4-13(5-3-12)19(11)31-21-18(25)14(23-26-6-7-32-23)8-16(29-21)15-9-27-22-20(15)30-17(24)10-28-22/h6-13,19H,2-5H2,1H3,(H,27,28)(H,29,31)/t11-,12?,13?,19+/m0/s1. The van der Waals surface area contributed by atoms with E-state index in [1.807, 2.05) is 5.38 Å². The molecule has 2 N–H and O–H groups in total. The molecule has 9 heteroatoms. The van der Waals surface area contributed by atoms with E-state index >= 15 is 4.39 Å². The molecular weight excluding hydrogens is 447 g/mol. The van der Waals surface area contributed by atoms with Crippen molar-refractivity contribution in [2.45, 2.75) is 38.6 Å². The Kier molecular flexibility index (Phi) is 4.87. The maximum absolute atomic E-state index is 15.7.